The van der Waals surface area contributed by atoms with E-state index in [1.54, 1.807) is 37.3 Å². The third kappa shape index (κ3) is 5.86. The van der Waals surface area contributed by atoms with E-state index in [4.69, 9.17) is 20.9 Å². The van der Waals surface area contributed by atoms with Crippen LogP contribution in [-0.2, 0) is 9.53 Å². The van der Waals surface area contributed by atoms with Gasteiger partial charge in [0.25, 0.3) is 5.91 Å². The first-order valence-electron chi connectivity index (χ1n) is 8.36. The molecule has 0 fully saturated rings. The predicted molar refractivity (Wildman–Crippen MR) is 98.3 cm³/mol. The van der Waals surface area contributed by atoms with E-state index in [2.05, 4.69) is 10.5 Å². The molecule has 0 unspecified atom stereocenters. The van der Waals surface area contributed by atoms with Crippen molar-refractivity contribution in [1.29, 1.82) is 0 Å². The summed E-state index contributed by atoms with van der Waals surface area (Å²) in [5.41, 5.74) is 0.357. The van der Waals surface area contributed by atoms with E-state index in [0.717, 1.165) is 0 Å². The van der Waals surface area contributed by atoms with Gasteiger partial charge in [-0.3, -0.25) is 9.59 Å². The number of halogens is 1. The molecule has 1 N–H and O–H groups in total. The van der Waals surface area contributed by atoms with Gasteiger partial charge >= 0.3 is 0 Å². The summed E-state index contributed by atoms with van der Waals surface area (Å²) in [4.78, 5) is 26.5. The minimum absolute atomic E-state index is 0.123. The van der Waals surface area contributed by atoms with Gasteiger partial charge in [0.15, 0.2) is 5.82 Å². The summed E-state index contributed by atoms with van der Waals surface area (Å²) in [6, 6.07) is 8.37. The van der Waals surface area contributed by atoms with Crippen LogP contribution in [0.2, 0.25) is 5.02 Å². The van der Waals surface area contributed by atoms with Gasteiger partial charge in [0, 0.05) is 25.8 Å². The van der Waals surface area contributed by atoms with Crippen LogP contribution in [0, 0.1) is 6.92 Å². The summed E-state index contributed by atoms with van der Waals surface area (Å²) in [7, 11) is 0. The smallest absolute Gasteiger partial charge is 0.255 e. The maximum Gasteiger partial charge on any atom is 0.255 e. The molecule has 2 amide bonds. The number of nitrogens with one attached hydrogen (secondary N) is 1. The maximum atomic E-state index is 12.8. The van der Waals surface area contributed by atoms with Gasteiger partial charge in [0.2, 0.25) is 5.91 Å². The SMILES string of the molecule is CCOCCCN(CC(=O)Nc1cc(C)on1)C(=O)c1ccccc1Cl. The minimum Gasteiger partial charge on any atom is -0.382 e. The van der Waals surface area contributed by atoms with Crippen molar-refractivity contribution in [2.75, 3.05) is 31.6 Å². The maximum absolute atomic E-state index is 12.8. The van der Waals surface area contributed by atoms with Gasteiger partial charge < -0.3 is 19.5 Å². The van der Waals surface area contributed by atoms with Gasteiger partial charge in [-0.15, -0.1) is 0 Å². The van der Waals surface area contributed by atoms with Crippen LogP contribution >= 0.6 is 11.6 Å². The van der Waals surface area contributed by atoms with Crippen molar-refractivity contribution >= 4 is 29.2 Å². The van der Waals surface area contributed by atoms with Crippen molar-refractivity contribution in [3.05, 3.63) is 46.7 Å². The fourth-order valence-electron chi connectivity index (χ4n) is 2.34. The van der Waals surface area contributed by atoms with E-state index >= 15 is 0 Å². The van der Waals surface area contributed by atoms with E-state index in [0.29, 0.717) is 48.3 Å². The Labute approximate surface area is 157 Å². The molecule has 1 aromatic heterocycles. The van der Waals surface area contributed by atoms with Crippen molar-refractivity contribution in [2.24, 2.45) is 0 Å². The average molecular weight is 380 g/mol. The summed E-state index contributed by atoms with van der Waals surface area (Å²) in [5.74, 6) is 0.224. The number of aromatic nitrogens is 1. The third-order valence-corrected chi connectivity index (χ3v) is 3.87. The van der Waals surface area contributed by atoms with E-state index in [1.165, 1.54) is 4.90 Å². The lowest BCUT2D eigenvalue weighted by molar-refractivity contribution is -0.117. The molecule has 0 aliphatic heterocycles. The van der Waals surface area contributed by atoms with Crippen LogP contribution in [0.3, 0.4) is 0 Å². The Balaban J connectivity index is 2.05. The molecule has 1 heterocycles. The van der Waals surface area contributed by atoms with Crippen LogP contribution in [0.15, 0.2) is 34.9 Å². The number of hydrogen-bond donors (Lipinski definition) is 1. The van der Waals surface area contributed by atoms with Crippen molar-refractivity contribution in [3.63, 3.8) is 0 Å². The number of nitrogens with zero attached hydrogens (tertiary/aromatic N) is 2. The van der Waals surface area contributed by atoms with Crippen LogP contribution in [-0.4, -0.2) is 48.2 Å². The highest BCUT2D eigenvalue weighted by atomic mass is 35.5. The zero-order valence-electron chi connectivity index (χ0n) is 14.8. The molecule has 26 heavy (non-hydrogen) atoms. The largest absolute Gasteiger partial charge is 0.382 e. The second kappa shape index (κ2) is 9.94. The zero-order valence-corrected chi connectivity index (χ0v) is 15.6. The molecule has 2 rings (SSSR count). The van der Waals surface area contributed by atoms with Crippen LogP contribution < -0.4 is 5.32 Å². The van der Waals surface area contributed by atoms with Gasteiger partial charge in [0.1, 0.15) is 12.3 Å². The molecule has 0 saturated heterocycles. The Morgan fingerprint density at radius 2 is 2.12 bits per heavy atom. The topological polar surface area (TPSA) is 84.7 Å². The number of hydrogen-bond acceptors (Lipinski definition) is 5. The van der Waals surface area contributed by atoms with Gasteiger partial charge in [-0.05, 0) is 32.4 Å². The highest BCUT2D eigenvalue weighted by molar-refractivity contribution is 6.33. The Bertz CT molecular complexity index is 748. The molecule has 0 bridgehead atoms. The molecular formula is C18H22ClN3O4. The first kappa shape index (κ1) is 19.9. The van der Waals surface area contributed by atoms with Gasteiger partial charge in [-0.1, -0.05) is 28.9 Å². The number of ether oxygens (including phenoxy) is 1. The highest BCUT2D eigenvalue weighted by Crippen LogP contribution is 2.17. The summed E-state index contributed by atoms with van der Waals surface area (Å²) in [5, 5.41) is 6.68. The Hall–Kier alpha value is -2.38. The summed E-state index contributed by atoms with van der Waals surface area (Å²) < 4.78 is 10.2. The second-order valence-electron chi connectivity index (χ2n) is 5.63. The van der Waals surface area contributed by atoms with Crippen molar-refractivity contribution < 1.29 is 18.8 Å². The molecule has 8 heteroatoms. The van der Waals surface area contributed by atoms with Crippen LogP contribution in [0.1, 0.15) is 29.5 Å². The second-order valence-corrected chi connectivity index (χ2v) is 6.04. The predicted octanol–water partition coefficient (Wildman–Crippen LogP) is 3.14. The van der Waals surface area contributed by atoms with Crippen molar-refractivity contribution in [2.45, 2.75) is 20.3 Å². The highest BCUT2D eigenvalue weighted by Gasteiger charge is 2.21. The number of aryl methyl sites for hydroxylation is 1. The lowest BCUT2D eigenvalue weighted by Gasteiger charge is -2.22. The minimum atomic E-state index is -0.366. The Morgan fingerprint density at radius 3 is 2.77 bits per heavy atom. The molecule has 0 spiro atoms. The van der Waals surface area contributed by atoms with Crippen LogP contribution in [0.5, 0.6) is 0 Å². The molecular weight excluding hydrogens is 358 g/mol. The van der Waals surface area contributed by atoms with Gasteiger partial charge in [-0.2, -0.15) is 0 Å². The number of amides is 2. The summed E-state index contributed by atoms with van der Waals surface area (Å²) >= 11 is 6.12. The number of carbonyl (C=O) groups is 2. The Morgan fingerprint density at radius 1 is 1.35 bits per heavy atom. The lowest BCUT2D eigenvalue weighted by Crippen LogP contribution is -2.39. The zero-order chi connectivity index (χ0) is 18.9. The molecule has 2 aromatic rings. The molecule has 140 valence electrons. The number of carbonyl (C=O) groups excluding carboxylic acids is 2. The Kier molecular flexibility index (Phi) is 7.62. The fourth-order valence-corrected chi connectivity index (χ4v) is 2.56. The van der Waals surface area contributed by atoms with E-state index in [9.17, 15) is 9.59 Å². The van der Waals surface area contributed by atoms with E-state index in [1.807, 2.05) is 6.92 Å². The molecule has 0 radical (unpaired) electrons. The number of rotatable bonds is 9. The van der Waals surface area contributed by atoms with Gasteiger partial charge in [-0.25, -0.2) is 0 Å². The quantitative estimate of drug-likeness (QED) is 0.676. The lowest BCUT2D eigenvalue weighted by atomic mass is 10.2. The molecule has 1 aromatic carbocycles. The van der Waals surface area contributed by atoms with Gasteiger partial charge in [0.05, 0.1) is 10.6 Å². The van der Waals surface area contributed by atoms with Crippen molar-refractivity contribution in [1.82, 2.24) is 10.1 Å². The van der Waals surface area contributed by atoms with E-state index < -0.39 is 0 Å². The third-order valence-electron chi connectivity index (χ3n) is 3.54. The van der Waals surface area contributed by atoms with Crippen molar-refractivity contribution in [3.8, 4) is 0 Å². The molecule has 0 saturated carbocycles. The number of anilines is 1. The monoisotopic (exact) mass is 379 g/mol. The van der Waals surface area contributed by atoms with Crippen LogP contribution in [0.25, 0.3) is 0 Å². The first-order valence-corrected chi connectivity index (χ1v) is 8.73. The van der Waals surface area contributed by atoms with Crippen LogP contribution in [0.4, 0.5) is 5.82 Å². The molecule has 0 atom stereocenters. The molecule has 7 nitrogen and oxygen atoms in total. The summed E-state index contributed by atoms with van der Waals surface area (Å²) in [6.45, 7) is 4.98. The first-order chi connectivity index (χ1) is 12.5. The standard InChI is InChI=1S/C18H22ClN3O4/c1-3-25-10-6-9-22(18(24)14-7-4-5-8-15(14)19)12-17(23)20-16-11-13(2)26-21-16/h4-5,7-8,11H,3,6,9-10,12H2,1-2H3,(H,20,21,23). The number of benzene rings is 1. The summed E-state index contributed by atoms with van der Waals surface area (Å²) in [6.07, 6.45) is 0.611. The molecule has 0 aliphatic rings. The van der Waals surface area contributed by atoms with E-state index in [-0.39, 0.29) is 18.4 Å². The average Bonchev–Trinajstić information content (AvgIpc) is 3.02. The molecule has 0 aliphatic carbocycles. The fraction of sp³-hybridized carbons (Fsp3) is 0.389. The normalized spacial score (nSPS) is 10.6.